The SMILES string of the molecule is CNCc1ccc(S(=O)(=O)NC(C)c2cc(C)oc2C)s1. The molecule has 0 amide bonds. The molecule has 0 aliphatic rings. The molecule has 0 saturated carbocycles. The third-order valence-corrected chi connectivity index (χ3v) is 6.25. The van der Waals surface area contributed by atoms with Crippen LogP contribution < -0.4 is 10.0 Å². The van der Waals surface area contributed by atoms with Crippen LogP contribution in [0.1, 0.15) is 34.9 Å². The lowest BCUT2D eigenvalue weighted by molar-refractivity contribution is 0.496. The van der Waals surface area contributed by atoms with Crippen molar-refractivity contribution in [3.63, 3.8) is 0 Å². The first-order chi connectivity index (χ1) is 9.83. The Morgan fingerprint density at radius 1 is 1.33 bits per heavy atom. The van der Waals surface area contributed by atoms with Crippen molar-refractivity contribution in [2.75, 3.05) is 7.05 Å². The summed E-state index contributed by atoms with van der Waals surface area (Å²) in [5.74, 6) is 1.52. The zero-order valence-electron chi connectivity index (χ0n) is 12.6. The maximum absolute atomic E-state index is 12.4. The first-order valence-electron chi connectivity index (χ1n) is 6.66. The Hall–Kier alpha value is -1.15. The molecule has 0 saturated heterocycles. The van der Waals surface area contributed by atoms with Crippen molar-refractivity contribution >= 4 is 21.4 Å². The van der Waals surface area contributed by atoms with Gasteiger partial charge in [0.25, 0.3) is 10.0 Å². The maximum atomic E-state index is 12.4. The highest BCUT2D eigenvalue weighted by Gasteiger charge is 2.22. The molecule has 7 heteroatoms. The molecule has 2 heterocycles. The number of hydrogen-bond donors (Lipinski definition) is 2. The van der Waals surface area contributed by atoms with Gasteiger partial charge in [-0.3, -0.25) is 0 Å². The molecule has 0 bridgehead atoms. The Bertz CT molecular complexity index is 716. The van der Waals surface area contributed by atoms with E-state index < -0.39 is 10.0 Å². The third kappa shape index (κ3) is 3.74. The molecule has 2 N–H and O–H groups in total. The lowest BCUT2D eigenvalue weighted by atomic mass is 10.1. The number of sulfonamides is 1. The van der Waals surface area contributed by atoms with Crippen LogP contribution in [0.5, 0.6) is 0 Å². The van der Waals surface area contributed by atoms with Gasteiger partial charge in [0.15, 0.2) is 0 Å². The minimum atomic E-state index is -3.51. The minimum Gasteiger partial charge on any atom is -0.466 e. The van der Waals surface area contributed by atoms with Gasteiger partial charge >= 0.3 is 0 Å². The molecule has 0 aromatic carbocycles. The standard InChI is InChI=1S/C14H20N2O3S2/c1-9-7-13(11(3)19-9)10(2)16-21(17,18)14-6-5-12(20-14)8-15-4/h5-7,10,15-16H,8H2,1-4H3. The fourth-order valence-corrected chi connectivity index (χ4v) is 4.81. The van der Waals surface area contributed by atoms with Gasteiger partial charge < -0.3 is 9.73 Å². The maximum Gasteiger partial charge on any atom is 0.250 e. The van der Waals surface area contributed by atoms with Crippen LogP contribution in [0.4, 0.5) is 0 Å². The van der Waals surface area contributed by atoms with E-state index in [1.54, 1.807) is 6.07 Å². The van der Waals surface area contributed by atoms with E-state index in [9.17, 15) is 8.42 Å². The summed E-state index contributed by atoms with van der Waals surface area (Å²) in [5.41, 5.74) is 0.864. The zero-order valence-corrected chi connectivity index (χ0v) is 14.2. The number of furan rings is 1. The average Bonchev–Trinajstić information content (AvgIpc) is 2.96. The molecule has 2 aromatic rings. The quantitative estimate of drug-likeness (QED) is 0.855. The van der Waals surface area contributed by atoms with Crippen molar-refractivity contribution in [1.29, 1.82) is 0 Å². The van der Waals surface area contributed by atoms with Crippen molar-refractivity contribution in [3.05, 3.63) is 40.2 Å². The number of nitrogens with one attached hydrogen (secondary N) is 2. The molecular weight excluding hydrogens is 308 g/mol. The number of aryl methyl sites for hydroxylation is 2. The summed E-state index contributed by atoms with van der Waals surface area (Å²) in [5, 5.41) is 3.01. The topological polar surface area (TPSA) is 71.3 Å². The monoisotopic (exact) mass is 328 g/mol. The zero-order chi connectivity index (χ0) is 15.6. The van der Waals surface area contributed by atoms with Crippen molar-refractivity contribution in [3.8, 4) is 0 Å². The van der Waals surface area contributed by atoms with Gasteiger partial charge in [-0.1, -0.05) is 0 Å². The molecule has 21 heavy (non-hydrogen) atoms. The van der Waals surface area contributed by atoms with Gasteiger partial charge in [-0.25, -0.2) is 13.1 Å². The smallest absolute Gasteiger partial charge is 0.250 e. The van der Waals surface area contributed by atoms with Crippen molar-refractivity contribution in [2.24, 2.45) is 0 Å². The summed E-state index contributed by atoms with van der Waals surface area (Å²) in [7, 11) is -1.68. The normalized spacial score (nSPS) is 13.5. The van der Waals surface area contributed by atoms with Crippen molar-refractivity contribution in [2.45, 2.75) is 37.6 Å². The number of rotatable bonds is 6. The van der Waals surface area contributed by atoms with E-state index in [1.807, 2.05) is 40.0 Å². The van der Waals surface area contributed by atoms with Crippen molar-refractivity contribution in [1.82, 2.24) is 10.0 Å². The van der Waals surface area contributed by atoms with Crippen LogP contribution in [0, 0.1) is 13.8 Å². The Morgan fingerprint density at radius 3 is 2.62 bits per heavy atom. The predicted octanol–water partition coefficient (Wildman–Crippen LogP) is 2.72. The van der Waals surface area contributed by atoms with Crippen LogP contribution >= 0.6 is 11.3 Å². The summed E-state index contributed by atoms with van der Waals surface area (Å²) >= 11 is 1.27. The van der Waals surface area contributed by atoms with E-state index in [2.05, 4.69) is 10.0 Å². The Kier molecular flexibility index (Phi) is 4.88. The van der Waals surface area contributed by atoms with Gasteiger partial charge in [0.2, 0.25) is 0 Å². The lowest BCUT2D eigenvalue weighted by Crippen LogP contribution is -2.26. The first-order valence-corrected chi connectivity index (χ1v) is 8.96. The fourth-order valence-electron chi connectivity index (χ4n) is 2.21. The summed E-state index contributed by atoms with van der Waals surface area (Å²) < 4.78 is 33.3. The third-order valence-electron chi connectivity index (χ3n) is 3.13. The van der Waals surface area contributed by atoms with Crippen LogP contribution in [0.3, 0.4) is 0 Å². The van der Waals surface area contributed by atoms with Gasteiger partial charge in [-0.2, -0.15) is 0 Å². The number of hydrogen-bond acceptors (Lipinski definition) is 5. The van der Waals surface area contributed by atoms with E-state index in [-0.39, 0.29) is 6.04 Å². The minimum absolute atomic E-state index is 0.331. The Labute approximate surface area is 129 Å². The van der Waals surface area contributed by atoms with Gasteiger partial charge in [0, 0.05) is 23.0 Å². The molecule has 2 rings (SSSR count). The molecular formula is C14H20N2O3S2. The molecule has 0 radical (unpaired) electrons. The van der Waals surface area contributed by atoms with E-state index in [0.29, 0.717) is 10.8 Å². The van der Waals surface area contributed by atoms with Crippen LogP contribution in [-0.2, 0) is 16.6 Å². The highest BCUT2D eigenvalue weighted by Crippen LogP contribution is 2.26. The second-order valence-corrected chi connectivity index (χ2v) is 8.07. The molecule has 116 valence electrons. The summed E-state index contributed by atoms with van der Waals surface area (Å²) in [6.45, 7) is 6.16. The fraction of sp³-hybridized carbons (Fsp3) is 0.429. The molecule has 1 atom stereocenters. The van der Waals surface area contributed by atoms with Gasteiger partial charge in [0.05, 0.1) is 0 Å². The summed E-state index contributed by atoms with van der Waals surface area (Å²) in [6.07, 6.45) is 0. The highest BCUT2D eigenvalue weighted by atomic mass is 32.2. The second kappa shape index (κ2) is 6.31. The molecule has 0 aliphatic heterocycles. The second-order valence-electron chi connectivity index (χ2n) is 4.96. The van der Waals surface area contributed by atoms with E-state index in [1.165, 1.54) is 11.3 Å². The molecule has 0 spiro atoms. The molecule has 1 unspecified atom stereocenters. The highest BCUT2D eigenvalue weighted by molar-refractivity contribution is 7.91. The largest absolute Gasteiger partial charge is 0.466 e. The van der Waals surface area contributed by atoms with Gasteiger partial charge in [-0.15, -0.1) is 11.3 Å². The van der Waals surface area contributed by atoms with Gasteiger partial charge in [0.1, 0.15) is 15.7 Å². The predicted molar refractivity (Wildman–Crippen MR) is 84.0 cm³/mol. The molecule has 5 nitrogen and oxygen atoms in total. The average molecular weight is 328 g/mol. The molecule has 0 fully saturated rings. The van der Waals surface area contributed by atoms with Crippen LogP contribution in [0.25, 0.3) is 0 Å². The molecule has 2 aromatic heterocycles. The molecule has 0 aliphatic carbocycles. The van der Waals surface area contributed by atoms with Crippen LogP contribution in [0.15, 0.2) is 26.8 Å². The van der Waals surface area contributed by atoms with E-state index in [0.717, 1.165) is 22.0 Å². The Balaban J connectivity index is 2.18. The van der Waals surface area contributed by atoms with E-state index >= 15 is 0 Å². The first kappa shape index (κ1) is 16.2. The summed E-state index contributed by atoms with van der Waals surface area (Å²) in [6, 6.07) is 5.00. The van der Waals surface area contributed by atoms with Crippen molar-refractivity contribution < 1.29 is 12.8 Å². The van der Waals surface area contributed by atoms with Crippen LogP contribution in [-0.4, -0.2) is 15.5 Å². The van der Waals surface area contributed by atoms with Crippen LogP contribution in [0.2, 0.25) is 0 Å². The Morgan fingerprint density at radius 2 is 2.05 bits per heavy atom. The van der Waals surface area contributed by atoms with E-state index in [4.69, 9.17) is 4.42 Å². The number of thiophene rings is 1. The lowest BCUT2D eigenvalue weighted by Gasteiger charge is -2.12. The van der Waals surface area contributed by atoms with Gasteiger partial charge in [-0.05, 0) is 46.0 Å². The summed E-state index contributed by atoms with van der Waals surface area (Å²) in [4.78, 5) is 0.987.